The van der Waals surface area contributed by atoms with Crippen LogP contribution in [0.25, 0.3) is 0 Å². The smallest absolute Gasteiger partial charge is 0.353 e. The van der Waals surface area contributed by atoms with Crippen LogP contribution in [0.5, 0.6) is 0 Å². The lowest BCUT2D eigenvalue weighted by Gasteiger charge is -2.23. The van der Waals surface area contributed by atoms with Crippen LogP contribution in [0.4, 0.5) is 17.3 Å². The first-order chi connectivity index (χ1) is 8.72. The summed E-state index contributed by atoms with van der Waals surface area (Å²) in [7, 11) is 1.59. The second-order valence-corrected chi connectivity index (χ2v) is 3.99. The zero-order valence-electron chi connectivity index (χ0n) is 10.0. The maximum Gasteiger partial charge on any atom is 0.353 e. The van der Waals surface area contributed by atoms with Crippen molar-refractivity contribution in [3.63, 3.8) is 0 Å². The number of anilines is 2. The van der Waals surface area contributed by atoms with Gasteiger partial charge in [-0.15, -0.1) is 0 Å². The standard InChI is InChI=1S/C10H15N5O3/c1-11-9-8(15(16)17)10(13-6-12-9)14-7-3-2-4-18-5-7/h6-7H,2-5H2,1H3,(H2,11,12,13,14). The minimum absolute atomic E-state index is 0.0528. The van der Waals surface area contributed by atoms with Crippen LogP contribution in [-0.2, 0) is 4.74 Å². The second kappa shape index (κ2) is 5.58. The van der Waals surface area contributed by atoms with Crippen LogP contribution < -0.4 is 10.6 Å². The summed E-state index contributed by atoms with van der Waals surface area (Å²) in [6.07, 6.45) is 3.15. The fourth-order valence-corrected chi connectivity index (χ4v) is 1.89. The first kappa shape index (κ1) is 12.5. The van der Waals surface area contributed by atoms with Crippen molar-refractivity contribution in [3.05, 3.63) is 16.4 Å². The van der Waals surface area contributed by atoms with Crippen molar-refractivity contribution in [2.45, 2.75) is 18.9 Å². The number of ether oxygens (including phenoxy) is 1. The van der Waals surface area contributed by atoms with Crippen LogP contribution in [0.3, 0.4) is 0 Å². The van der Waals surface area contributed by atoms with E-state index >= 15 is 0 Å². The lowest BCUT2D eigenvalue weighted by atomic mass is 10.1. The van der Waals surface area contributed by atoms with Gasteiger partial charge in [0.2, 0.25) is 11.6 Å². The zero-order chi connectivity index (χ0) is 13.0. The van der Waals surface area contributed by atoms with Crippen molar-refractivity contribution in [2.24, 2.45) is 0 Å². The van der Waals surface area contributed by atoms with Crippen LogP contribution in [0, 0.1) is 10.1 Å². The molecule has 18 heavy (non-hydrogen) atoms. The molecule has 98 valence electrons. The highest BCUT2D eigenvalue weighted by atomic mass is 16.6. The van der Waals surface area contributed by atoms with Gasteiger partial charge >= 0.3 is 5.69 Å². The molecule has 1 aromatic rings. The van der Waals surface area contributed by atoms with E-state index in [1.165, 1.54) is 6.33 Å². The van der Waals surface area contributed by atoms with Gasteiger partial charge in [-0.3, -0.25) is 10.1 Å². The highest BCUT2D eigenvalue weighted by Crippen LogP contribution is 2.29. The predicted octanol–water partition coefficient (Wildman–Crippen LogP) is 1.02. The Kier molecular flexibility index (Phi) is 3.88. The molecule has 1 aliphatic heterocycles. The number of hydrogen-bond acceptors (Lipinski definition) is 7. The summed E-state index contributed by atoms with van der Waals surface area (Å²) in [6, 6.07) is 0.0528. The molecule has 1 fully saturated rings. The number of aromatic nitrogens is 2. The SMILES string of the molecule is CNc1ncnc(NC2CCCOC2)c1[N+](=O)[O-]. The maximum atomic E-state index is 11.1. The van der Waals surface area contributed by atoms with Gasteiger partial charge < -0.3 is 15.4 Å². The Labute approximate surface area is 104 Å². The van der Waals surface area contributed by atoms with Gasteiger partial charge in [0.1, 0.15) is 6.33 Å². The van der Waals surface area contributed by atoms with Gasteiger partial charge in [-0.2, -0.15) is 0 Å². The Morgan fingerprint density at radius 2 is 2.28 bits per heavy atom. The molecule has 8 heteroatoms. The second-order valence-electron chi connectivity index (χ2n) is 3.99. The van der Waals surface area contributed by atoms with E-state index in [1.54, 1.807) is 7.05 Å². The Hall–Kier alpha value is -1.96. The lowest BCUT2D eigenvalue weighted by Crippen LogP contribution is -2.30. The van der Waals surface area contributed by atoms with Gasteiger partial charge in [-0.25, -0.2) is 9.97 Å². The monoisotopic (exact) mass is 253 g/mol. The van der Waals surface area contributed by atoms with Crippen molar-refractivity contribution in [1.82, 2.24) is 9.97 Å². The molecular formula is C10H15N5O3. The highest BCUT2D eigenvalue weighted by molar-refractivity contribution is 5.69. The number of nitrogens with zero attached hydrogens (tertiary/aromatic N) is 3. The summed E-state index contributed by atoms with van der Waals surface area (Å²) in [5, 5.41) is 16.8. The third kappa shape index (κ3) is 2.65. The van der Waals surface area contributed by atoms with Gasteiger partial charge in [0.25, 0.3) is 0 Å². The Morgan fingerprint density at radius 1 is 1.50 bits per heavy atom. The van der Waals surface area contributed by atoms with Gasteiger partial charge in [-0.1, -0.05) is 0 Å². The molecule has 2 rings (SSSR count). The maximum absolute atomic E-state index is 11.1. The Bertz CT molecular complexity index is 434. The van der Waals surface area contributed by atoms with Crippen molar-refractivity contribution in [1.29, 1.82) is 0 Å². The van der Waals surface area contributed by atoms with Gasteiger partial charge in [-0.05, 0) is 12.8 Å². The quantitative estimate of drug-likeness (QED) is 0.610. The molecule has 0 aliphatic carbocycles. The Balaban J connectivity index is 2.23. The number of rotatable bonds is 4. The number of nitrogens with one attached hydrogen (secondary N) is 2. The van der Waals surface area contributed by atoms with E-state index in [4.69, 9.17) is 4.74 Å². The first-order valence-electron chi connectivity index (χ1n) is 5.73. The van der Waals surface area contributed by atoms with E-state index in [0.717, 1.165) is 19.4 Å². The van der Waals surface area contributed by atoms with Gasteiger partial charge in [0.15, 0.2) is 0 Å². The predicted molar refractivity (Wildman–Crippen MR) is 65.7 cm³/mol. The molecule has 0 saturated carbocycles. The normalized spacial score (nSPS) is 19.3. The average molecular weight is 253 g/mol. The van der Waals surface area contributed by atoms with E-state index < -0.39 is 4.92 Å². The molecule has 2 N–H and O–H groups in total. The van der Waals surface area contributed by atoms with E-state index in [1.807, 2.05) is 0 Å². The molecule has 1 saturated heterocycles. The van der Waals surface area contributed by atoms with E-state index in [2.05, 4.69) is 20.6 Å². The van der Waals surface area contributed by atoms with Crippen molar-refractivity contribution >= 4 is 17.3 Å². The average Bonchev–Trinajstić information content (AvgIpc) is 2.39. The van der Waals surface area contributed by atoms with Crippen LogP contribution >= 0.6 is 0 Å². The molecule has 0 amide bonds. The molecule has 1 aliphatic rings. The first-order valence-corrected chi connectivity index (χ1v) is 5.73. The van der Waals surface area contributed by atoms with Crippen LogP contribution in [-0.4, -0.2) is 41.2 Å². The minimum Gasteiger partial charge on any atom is -0.379 e. The summed E-state index contributed by atoms with van der Waals surface area (Å²) in [5.41, 5.74) is -0.134. The fraction of sp³-hybridized carbons (Fsp3) is 0.600. The molecule has 1 unspecified atom stereocenters. The lowest BCUT2D eigenvalue weighted by molar-refractivity contribution is -0.383. The fourth-order valence-electron chi connectivity index (χ4n) is 1.89. The third-order valence-electron chi connectivity index (χ3n) is 2.74. The Morgan fingerprint density at radius 3 is 2.89 bits per heavy atom. The molecule has 0 radical (unpaired) electrons. The van der Waals surface area contributed by atoms with Crippen molar-refractivity contribution in [3.8, 4) is 0 Å². The van der Waals surface area contributed by atoms with Gasteiger partial charge in [0.05, 0.1) is 17.6 Å². The van der Waals surface area contributed by atoms with Crippen LogP contribution in [0.15, 0.2) is 6.33 Å². The van der Waals surface area contributed by atoms with Crippen LogP contribution in [0.2, 0.25) is 0 Å². The molecule has 0 spiro atoms. The highest BCUT2D eigenvalue weighted by Gasteiger charge is 2.24. The number of hydrogen-bond donors (Lipinski definition) is 2. The number of nitro groups is 1. The topological polar surface area (TPSA) is 102 Å². The van der Waals surface area contributed by atoms with Gasteiger partial charge in [0, 0.05) is 13.7 Å². The minimum atomic E-state index is -0.488. The summed E-state index contributed by atoms with van der Waals surface area (Å²) >= 11 is 0. The molecule has 0 aromatic carbocycles. The largest absolute Gasteiger partial charge is 0.379 e. The summed E-state index contributed by atoms with van der Waals surface area (Å²) in [5.74, 6) is 0.434. The summed E-state index contributed by atoms with van der Waals surface area (Å²) in [4.78, 5) is 18.3. The van der Waals surface area contributed by atoms with Crippen molar-refractivity contribution in [2.75, 3.05) is 30.9 Å². The third-order valence-corrected chi connectivity index (χ3v) is 2.74. The molecular weight excluding hydrogens is 238 g/mol. The molecule has 1 atom stereocenters. The summed E-state index contributed by atoms with van der Waals surface area (Å²) in [6.45, 7) is 1.28. The zero-order valence-corrected chi connectivity index (χ0v) is 10.0. The molecule has 1 aromatic heterocycles. The van der Waals surface area contributed by atoms with E-state index in [9.17, 15) is 10.1 Å². The van der Waals surface area contributed by atoms with E-state index in [-0.39, 0.29) is 23.4 Å². The van der Waals surface area contributed by atoms with Crippen molar-refractivity contribution < 1.29 is 9.66 Å². The van der Waals surface area contributed by atoms with E-state index in [0.29, 0.717) is 6.61 Å². The summed E-state index contributed by atoms with van der Waals surface area (Å²) < 4.78 is 5.32. The van der Waals surface area contributed by atoms with Crippen LogP contribution in [0.1, 0.15) is 12.8 Å². The molecule has 8 nitrogen and oxygen atoms in total. The molecule has 0 bridgehead atoms. The molecule has 2 heterocycles.